The number of aromatic nitrogens is 1. The van der Waals surface area contributed by atoms with Gasteiger partial charge in [-0.1, -0.05) is 13.0 Å². The number of anilines is 1. The Hall–Kier alpha value is -1.88. The second-order valence-corrected chi connectivity index (χ2v) is 6.46. The lowest BCUT2D eigenvalue weighted by atomic mass is 10.2. The van der Waals surface area contributed by atoms with Gasteiger partial charge in [0.05, 0.1) is 11.6 Å². The van der Waals surface area contributed by atoms with Crippen molar-refractivity contribution in [3.8, 4) is 0 Å². The van der Waals surface area contributed by atoms with Crippen LogP contribution in [0.3, 0.4) is 0 Å². The number of rotatable bonds is 6. The highest BCUT2D eigenvalue weighted by molar-refractivity contribution is 7.11. The Morgan fingerprint density at radius 2 is 2.29 bits per heavy atom. The van der Waals surface area contributed by atoms with E-state index in [4.69, 9.17) is 0 Å². The Balaban J connectivity index is 1.60. The van der Waals surface area contributed by atoms with Crippen molar-refractivity contribution in [3.63, 3.8) is 0 Å². The fraction of sp³-hybridized carbons (Fsp3) is 0.375. The van der Waals surface area contributed by atoms with Crippen molar-refractivity contribution in [2.75, 3.05) is 5.32 Å². The number of amides is 1. The molecule has 3 rings (SSSR count). The predicted molar refractivity (Wildman–Crippen MR) is 85.7 cm³/mol. The Labute approximate surface area is 128 Å². The van der Waals surface area contributed by atoms with E-state index in [1.807, 2.05) is 30.5 Å². The summed E-state index contributed by atoms with van der Waals surface area (Å²) in [6.07, 6.45) is 5.10. The van der Waals surface area contributed by atoms with Crippen LogP contribution >= 0.6 is 11.3 Å². The summed E-state index contributed by atoms with van der Waals surface area (Å²) >= 11 is 1.73. The van der Waals surface area contributed by atoms with E-state index in [2.05, 4.69) is 22.5 Å². The molecule has 1 heterocycles. The SMILES string of the molecule is CCc1ncc(CNc2cccc(C(=O)NC3CC3)c2)s1. The fourth-order valence-corrected chi connectivity index (χ4v) is 2.85. The lowest BCUT2D eigenvalue weighted by Gasteiger charge is -2.07. The zero-order valence-electron chi connectivity index (χ0n) is 12.1. The van der Waals surface area contributed by atoms with Gasteiger partial charge >= 0.3 is 0 Å². The van der Waals surface area contributed by atoms with E-state index in [-0.39, 0.29) is 5.91 Å². The molecule has 2 N–H and O–H groups in total. The van der Waals surface area contributed by atoms with Crippen LogP contribution in [0.2, 0.25) is 0 Å². The molecule has 0 bridgehead atoms. The van der Waals surface area contributed by atoms with Gasteiger partial charge in [-0.25, -0.2) is 4.98 Å². The van der Waals surface area contributed by atoms with E-state index in [0.717, 1.165) is 36.5 Å². The molecule has 1 fully saturated rings. The molecule has 0 atom stereocenters. The Bertz CT molecular complexity index is 634. The smallest absolute Gasteiger partial charge is 0.251 e. The average molecular weight is 301 g/mol. The summed E-state index contributed by atoms with van der Waals surface area (Å²) in [5.41, 5.74) is 1.68. The van der Waals surface area contributed by atoms with Gasteiger partial charge in [0.25, 0.3) is 5.91 Å². The van der Waals surface area contributed by atoms with Crippen LogP contribution < -0.4 is 10.6 Å². The summed E-state index contributed by atoms with van der Waals surface area (Å²) in [5, 5.41) is 7.52. The van der Waals surface area contributed by atoms with Crippen molar-refractivity contribution >= 4 is 22.9 Å². The molecule has 0 saturated heterocycles. The second kappa shape index (κ2) is 6.26. The lowest BCUT2D eigenvalue weighted by Crippen LogP contribution is -2.25. The first-order valence-corrected chi connectivity index (χ1v) is 8.14. The number of thiazole rings is 1. The molecule has 110 valence electrons. The standard InChI is InChI=1S/C16H19N3OS/c1-2-15-18-10-14(21-15)9-17-13-5-3-4-11(8-13)16(20)19-12-6-7-12/h3-5,8,10,12,17H,2,6-7,9H2,1H3,(H,19,20). The Morgan fingerprint density at radius 3 is 3.00 bits per heavy atom. The monoisotopic (exact) mass is 301 g/mol. The van der Waals surface area contributed by atoms with Crippen molar-refractivity contribution in [1.82, 2.24) is 10.3 Å². The molecule has 0 aliphatic heterocycles. The highest BCUT2D eigenvalue weighted by Gasteiger charge is 2.23. The lowest BCUT2D eigenvalue weighted by molar-refractivity contribution is 0.0951. The maximum Gasteiger partial charge on any atom is 0.251 e. The third kappa shape index (κ3) is 3.82. The molecule has 1 aromatic heterocycles. The Morgan fingerprint density at radius 1 is 1.43 bits per heavy atom. The molecule has 2 aromatic rings. The maximum absolute atomic E-state index is 12.0. The molecular formula is C16H19N3OS. The van der Waals surface area contributed by atoms with Gasteiger partial charge in [-0.2, -0.15) is 0 Å². The normalized spacial score (nSPS) is 14.0. The minimum absolute atomic E-state index is 0.0206. The number of nitrogens with one attached hydrogen (secondary N) is 2. The summed E-state index contributed by atoms with van der Waals surface area (Å²) < 4.78 is 0. The molecule has 0 radical (unpaired) electrons. The molecule has 0 spiro atoms. The van der Waals surface area contributed by atoms with Gasteiger partial charge in [0.1, 0.15) is 0 Å². The van der Waals surface area contributed by atoms with Crippen LogP contribution in [0.1, 0.15) is 40.0 Å². The molecule has 1 aromatic carbocycles. The first-order chi connectivity index (χ1) is 10.2. The van der Waals surface area contributed by atoms with Crippen LogP contribution in [0, 0.1) is 0 Å². The van der Waals surface area contributed by atoms with Gasteiger partial charge in [0.2, 0.25) is 0 Å². The molecule has 1 saturated carbocycles. The topological polar surface area (TPSA) is 54.0 Å². The summed E-state index contributed by atoms with van der Waals surface area (Å²) in [6, 6.07) is 8.03. The van der Waals surface area contributed by atoms with Crippen LogP contribution in [-0.4, -0.2) is 16.9 Å². The van der Waals surface area contributed by atoms with Crippen LogP contribution in [0.15, 0.2) is 30.5 Å². The van der Waals surface area contributed by atoms with E-state index < -0.39 is 0 Å². The number of carbonyl (C=O) groups excluding carboxylic acids is 1. The van der Waals surface area contributed by atoms with Crippen molar-refractivity contribution in [3.05, 3.63) is 45.9 Å². The van der Waals surface area contributed by atoms with E-state index in [9.17, 15) is 4.79 Å². The van der Waals surface area contributed by atoms with Crippen LogP contribution in [0.4, 0.5) is 5.69 Å². The van der Waals surface area contributed by atoms with E-state index in [1.54, 1.807) is 11.3 Å². The first-order valence-electron chi connectivity index (χ1n) is 7.33. The van der Waals surface area contributed by atoms with E-state index in [0.29, 0.717) is 11.6 Å². The minimum atomic E-state index is 0.0206. The number of aryl methyl sites for hydroxylation is 1. The van der Waals surface area contributed by atoms with Crippen molar-refractivity contribution in [1.29, 1.82) is 0 Å². The molecular weight excluding hydrogens is 282 g/mol. The molecule has 5 heteroatoms. The fourth-order valence-electron chi connectivity index (χ4n) is 2.05. The predicted octanol–water partition coefficient (Wildman–Crippen LogP) is 3.21. The molecule has 1 amide bonds. The molecule has 1 aliphatic carbocycles. The summed E-state index contributed by atoms with van der Waals surface area (Å²) in [4.78, 5) is 17.6. The second-order valence-electron chi connectivity index (χ2n) is 5.26. The third-order valence-corrected chi connectivity index (χ3v) is 4.55. The van der Waals surface area contributed by atoms with Crippen molar-refractivity contribution in [2.24, 2.45) is 0 Å². The number of carbonyl (C=O) groups is 1. The van der Waals surface area contributed by atoms with Crippen molar-refractivity contribution < 1.29 is 4.79 Å². The van der Waals surface area contributed by atoms with Gasteiger partial charge in [0, 0.05) is 28.4 Å². The first kappa shape index (κ1) is 14.1. The van der Waals surface area contributed by atoms with Crippen LogP contribution in [0.5, 0.6) is 0 Å². The third-order valence-electron chi connectivity index (χ3n) is 3.41. The highest BCUT2D eigenvalue weighted by atomic mass is 32.1. The molecule has 21 heavy (non-hydrogen) atoms. The Kier molecular flexibility index (Phi) is 4.20. The largest absolute Gasteiger partial charge is 0.380 e. The van der Waals surface area contributed by atoms with Gasteiger partial charge < -0.3 is 10.6 Å². The molecule has 1 aliphatic rings. The quantitative estimate of drug-likeness (QED) is 0.861. The minimum Gasteiger partial charge on any atom is -0.380 e. The van der Waals surface area contributed by atoms with Gasteiger partial charge in [-0.3, -0.25) is 4.79 Å². The number of hydrogen-bond donors (Lipinski definition) is 2. The van der Waals surface area contributed by atoms with Gasteiger partial charge in [-0.05, 0) is 37.5 Å². The maximum atomic E-state index is 12.0. The molecule has 4 nitrogen and oxygen atoms in total. The number of hydrogen-bond acceptors (Lipinski definition) is 4. The summed E-state index contributed by atoms with van der Waals surface area (Å²) in [6.45, 7) is 2.85. The van der Waals surface area contributed by atoms with E-state index >= 15 is 0 Å². The van der Waals surface area contributed by atoms with Gasteiger partial charge in [-0.15, -0.1) is 11.3 Å². The van der Waals surface area contributed by atoms with Crippen LogP contribution in [0.25, 0.3) is 0 Å². The number of benzene rings is 1. The molecule has 0 unspecified atom stereocenters. The average Bonchev–Trinajstić information content (AvgIpc) is 3.20. The van der Waals surface area contributed by atoms with E-state index in [1.165, 1.54) is 4.88 Å². The van der Waals surface area contributed by atoms with Crippen molar-refractivity contribution in [2.45, 2.75) is 38.8 Å². The van der Waals surface area contributed by atoms with Crippen LogP contribution in [-0.2, 0) is 13.0 Å². The zero-order valence-corrected chi connectivity index (χ0v) is 12.9. The summed E-state index contributed by atoms with van der Waals surface area (Å²) in [7, 11) is 0. The zero-order chi connectivity index (χ0) is 14.7. The highest BCUT2D eigenvalue weighted by Crippen LogP contribution is 2.20. The van der Waals surface area contributed by atoms with Gasteiger partial charge in [0.15, 0.2) is 0 Å². The summed E-state index contributed by atoms with van der Waals surface area (Å²) in [5.74, 6) is 0.0206. The number of nitrogens with zero attached hydrogens (tertiary/aromatic N) is 1.